The first kappa shape index (κ1) is 11.3. The Morgan fingerprint density at radius 1 is 1.26 bits per heavy atom. The van der Waals surface area contributed by atoms with Gasteiger partial charge in [0.1, 0.15) is 0 Å². The number of carbonyl (C=O) groups is 1. The van der Waals surface area contributed by atoms with Crippen molar-refractivity contribution in [2.24, 2.45) is 0 Å². The van der Waals surface area contributed by atoms with Gasteiger partial charge in [-0.2, -0.15) is 5.10 Å². The van der Waals surface area contributed by atoms with Gasteiger partial charge in [-0.25, -0.2) is 14.5 Å². The lowest BCUT2D eigenvalue weighted by Gasteiger charge is -2.03. The van der Waals surface area contributed by atoms with E-state index in [1.54, 1.807) is 29.3 Å². The van der Waals surface area contributed by atoms with E-state index >= 15 is 0 Å². The number of aromatic carboxylic acids is 1. The zero-order chi connectivity index (χ0) is 13.2. The van der Waals surface area contributed by atoms with Crippen molar-refractivity contribution >= 4 is 17.0 Å². The highest BCUT2D eigenvalue weighted by Gasteiger charge is 2.09. The van der Waals surface area contributed by atoms with Gasteiger partial charge in [0.25, 0.3) is 0 Å². The summed E-state index contributed by atoms with van der Waals surface area (Å²) in [6, 6.07) is 6.96. The number of rotatable bonds is 3. The molecular weight excluding hydrogens is 244 g/mol. The predicted molar refractivity (Wildman–Crippen MR) is 67.8 cm³/mol. The van der Waals surface area contributed by atoms with E-state index in [-0.39, 0.29) is 5.69 Å². The number of fused-ring (bicyclic) bond motifs is 1. The van der Waals surface area contributed by atoms with Gasteiger partial charge in [-0.05, 0) is 23.8 Å². The third-order valence-corrected chi connectivity index (χ3v) is 2.76. The van der Waals surface area contributed by atoms with Crippen LogP contribution in [0.1, 0.15) is 16.1 Å². The molecule has 0 aliphatic heterocycles. The van der Waals surface area contributed by atoms with Gasteiger partial charge in [-0.15, -0.1) is 0 Å². The molecule has 19 heavy (non-hydrogen) atoms. The monoisotopic (exact) mass is 254 g/mol. The third kappa shape index (κ3) is 2.15. The number of carboxylic acid groups (broad SMARTS) is 1. The Balaban J connectivity index is 2.04. The van der Waals surface area contributed by atoms with Crippen molar-refractivity contribution in [1.82, 2.24) is 19.7 Å². The Kier molecular flexibility index (Phi) is 2.68. The van der Waals surface area contributed by atoms with E-state index in [9.17, 15) is 4.79 Å². The van der Waals surface area contributed by atoms with Crippen molar-refractivity contribution in [3.63, 3.8) is 0 Å². The van der Waals surface area contributed by atoms with Crippen LogP contribution in [-0.4, -0.2) is 30.8 Å². The van der Waals surface area contributed by atoms with Crippen molar-refractivity contribution in [1.29, 1.82) is 0 Å². The van der Waals surface area contributed by atoms with Crippen LogP contribution < -0.4 is 0 Å². The molecule has 0 bridgehead atoms. The van der Waals surface area contributed by atoms with Gasteiger partial charge in [-0.1, -0.05) is 6.07 Å². The van der Waals surface area contributed by atoms with Crippen LogP contribution in [0.15, 0.2) is 42.9 Å². The van der Waals surface area contributed by atoms with Crippen LogP contribution in [0.2, 0.25) is 0 Å². The lowest BCUT2D eigenvalue weighted by Crippen LogP contribution is -2.05. The molecule has 0 saturated heterocycles. The van der Waals surface area contributed by atoms with Crippen LogP contribution in [0.4, 0.5) is 0 Å². The summed E-state index contributed by atoms with van der Waals surface area (Å²) in [6.45, 7) is 0.507. The largest absolute Gasteiger partial charge is 0.477 e. The second kappa shape index (κ2) is 4.49. The summed E-state index contributed by atoms with van der Waals surface area (Å²) in [7, 11) is 0. The van der Waals surface area contributed by atoms with Crippen LogP contribution in [0.5, 0.6) is 0 Å². The van der Waals surface area contributed by atoms with Crippen LogP contribution in [0, 0.1) is 0 Å². The fraction of sp³-hybridized carbons (Fsp3) is 0.0769. The van der Waals surface area contributed by atoms with Crippen LogP contribution in [-0.2, 0) is 6.54 Å². The number of hydrogen-bond donors (Lipinski definition) is 1. The molecule has 0 aliphatic carbocycles. The normalized spacial score (nSPS) is 10.7. The van der Waals surface area contributed by atoms with Gasteiger partial charge < -0.3 is 5.11 Å². The first-order valence-corrected chi connectivity index (χ1v) is 5.69. The SMILES string of the molecule is O=C(O)c1ccc2cnn(Cc3cccnc3)c2n1. The number of hydrogen-bond acceptors (Lipinski definition) is 4. The highest BCUT2D eigenvalue weighted by Crippen LogP contribution is 2.13. The van der Waals surface area contributed by atoms with Crippen LogP contribution in [0.25, 0.3) is 11.0 Å². The molecule has 3 heterocycles. The first-order chi connectivity index (χ1) is 9.24. The smallest absolute Gasteiger partial charge is 0.354 e. The Morgan fingerprint density at radius 2 is 2.16 bits per heavy atom. The first-order valence-electron chi connectivity index (χ1n) is 5.69. The number of nitrogens with zero attached hydrogens (tertiary/aromatic N) is 4. The highest BCUT2D eigenvalue weighted by atomic mass is 16.4. The molecule has 0 saturated carbocycles. The molecule has 0 amide bonds. The van der Waals surface area contributed by atoms with E-state index in [1.807, 2.05) is 12.1 Å². The minimum atomic E-state index is -1.05. The molecule has 0 aliphatic rings. The second-order valence-electron chi connectivity index (χ2n) is 4.08. The second-order valence-corrected chi connectivity index (χ2v) is 4.08. The average molecular weight is 254 g/mol. The summed E-state index contributed by atoms with van der Waals surface area (Å²) in [5.41, 5.74) is 1.55. The lowest BCUT2D eigenvalue weighted by molar-refractivity contribution is 0.0691. The topological polar surface area (TPSA) is 80.9 Å². The molecule has 3 rings (SSSR count). The maximum atomic E-state index is 10.9. The summed E-state index contributed by atoms with van der Waals surface area (Å²) in [4.78, 5) is 19.1. The van der Waals surface area contributed by atoms with E-state index in [4.69, 9.17) is 5.11 Å². The van der Waals surface area contributed by atoms with Crippen LogP contribution in [0.3, 0.4) is 0 Å². The Hall–Kier alpha value is -2.76. The quantitative estimate of drug-likeness (QED) is 0.767. The van der Waals surface area contributed by atoms with Crippen LogP contribution >= 0.6 is 0 Å². The number of aromatic nitrogens is 4. The molecule has 3 aromatic rings. The Morgan fingerprint density at radius 3 is 2.89 bits per heavy atom. The van der Waals surface area contributed by atoms with Gasteiger partial charge in [0.15, 0.2) is 11.3 Å². The van der Waals surface area contributed by atoms with E-state index < -0.39 is 5.97 Å². The average Bonchev–Trinajstić information content (AvgIpc) is 2.82. The van der Waals surface area contributed by atoms with Crippen molar-refractivity contribution in [3.05, 3.63) is 54.1 Å². The molecule has 94 valence electrons. The zero-order valence-electron chi connectivity index (χ0n) is 9.89. The number of pyridine rings is 2. The summed E-state index contributed by atoms with van der Waals surface area (Å²) in [5.74, 6) is -1.05. The maximum Gasteiger partial charge on any atom is 0.354 e. The molecule has 0 radical (unpaired) electrons. The summed E-state index contributed by atoms with van der Waals surface area (Å²) in [6.07, 6.45) is 5.12. The standard InChI is InChI=1S/C13H10N4O2/c18-13(19)11-4-3-10-7-15-17(12(10)16-11)8-9-2-1-5-14-6-9/h1-7H,8H2,(H,18,19). The molecule has 1 N–H and O–H groups in total. The van der Waals surface area contributed by atoms with E-state index in [0.29, 0.717) is 12.2 Å². The molecule has 0 spiro atoms. The molecule has 3 aromatic heterocycles. The molecular formula is C13H10N4O2. The van der Waals surface area contributed by atoms with Crippen molar-refractivity contribution in [3.8, 4) is 0 Å². The Labute approximate surface area is 108 Å². The summed E-state index contributed by atoms with van der Waals surface area (Å²) >= 11 is 0. The van der Waals surface area contributed by atoms with Crippen molar-refractivity contribution < 1.29 is 9.90 Å². The molecule has 6 nitrogen and oxygen atoms in total. The molecule has 0 fully saturated rings. The lowest BCUT2D eigenvalue weighted by atomic mass is 10.3. The van der Waals surface area contributed by atoms with Gasteiger partial charge in [0.2, 0.25) is 0 Å². The fourth-order valence-corrected chi connectivity index (χ4v) is 1.85. The molecule has 0 unspecified atom stereocenters. The van der Waals surface area contributed by atoms with E-state index in [2.05, 4.69) is 15.1 Å². The van der Waals surface area contributed by atoms with E-state index in [0.717, 1.165) is 10.9 Å². The van der Waals surface area contributed by atoms with E-state index in [1.165, 1.54) is 6.07 Å². The minimum Gasteiger partial charge on any atom is -0.477 e. The molecule has 0 aromatic carbocycles. The van der Waals surface area contributed by atoms with Gasteiger partial charge in [0.05, 0.1) is 12.7 Å². The predicted octanol–water partition coefficient (Wildman–Crippen LogP) is 1.57. The van der Waals surface area contributed by atoms with Crippen molar-refractivity contribution in [2.45, 2.75) is 6.54 Å². The third-order valence-electron chi connectivity index (χ3n) is 2.76. The summed E-state index contributed by atoms with van der Waals surface area (Å²) < 4.78 is 1.67. The summed E-state index contributed by atoms with van der Waals surface area (Å²) in [5, 5.41) is 14.0. The van der Waals surface area contributed by atoms with Gasteiger partial charge in [0, 0.05) is 17.8 Å². The number of carboxylic acids is 1. The Bertz CT molecular complexity index is 737. The van der Waals surface area contributed by atoms with Gasteiger partial charge >= 0.3 is 5.97 Å². The van der Waals surface area contributed by atoms with Gasteiger partial charge in [-0.3, -0.25) is 4.98 Å². The fourth-order valence-electron chi connectivity index (χ4n) is 1.85. The van der Waals surface area contributed by atoms with Crippen molar-refractivity contribution in [2.75, 3.05) is 0 Å². The minimum absolute atomic E-state index is 0.0143. The molecule has 0 atom stereocenters. The zero-order valence-corrected chi connectivity index (χ0v) is 9.89. The highest BCUT2D eigenvalue weighted by molar-refractivity contribution is 5.88. The molecule has 6 heteroatoms. The maximum absolute atomic E-state index is 10.9.